The molecule has 0 spiro atoms. The second-order valence-corrected chi connectivity index (χ2v) is 5.35. The van der Waals surface area contributed by atoms with Gasteiger partial charge in [0.05, 0.1) is 5.56 Å². The standard InChI is InChI=1S/C16H14ClN3/c17-16-13(9-18)8-14-11-20(7-6-15(14)19-16)10-12-4-2-1-3-5-12/h1-5,8H,6-7,10-11H2. The average molecular weight is 284 g/mol. The summed E-state index contributed by atoms with van der Waals surface area (Å²) in [6.45, 7) is 2.71. The molecular weight excluding hydrogens is 270 g/mol. The Kier molecular flexibility index (Phi) is 3.68. The van der Waals surface area contributed by atoms with Crippen LogP contribution >= 0.6 is 11.6 Å². The molecule has 1 aliphatic heterocycles. The van der Waals surface area contributed by atoms with Crippen LogP contribution < -0.4 is 0 Å². The van der Waals surface area contributed by atoms with Crippen LogP contribution in [0.2, 0.25) is 5.15 Å². The average Bonchev–Trinajstić information content (AvgIpc) is 2.48. The van der Waals surface area contributed by atoms with Crippen LogP contribution in [0.1, 0.15) is 22.4 Å². The third-order valence-electron chi connectivity index (χ3n) is 3.57. The highest BCUT2D eigenvalue weighted by Crippen LogP contribution is 2.23. The molecule has 4 heteroatoms. The number of pyridine rings is 1. The molecule has 0 bridgehead atoms. The van der Waals surface area contributed by atoms with Gasteiger partial charge in [0, 0.05) is 31.7 Å². The Hall–Kier alpha value is -1.89. The molecule has 0 fully saturated rings. The van der Waals surface area contributed by atoms with Gasteiger partial charge in [-0.3, -0.25) is 4.90 Å². The third kappa shape index (κ3) is 2.67. The van der Waals surface area contributed by atoms with Gasteiger partial charge in [-0.25, -0.2) is 4.98 Å². The highest BCUT2D eigenvalue weighted by atomic mass is 35.5. The topological polar surface area (TPSA) is 39.9 Å². The molecule has 3 rings (SSSR count). The number of hydrogen-bond acceptors (Lipinski definition) is 3. The van der Waals surface area contributed by atoms with Gasteiger partial charge in [0.2, 0.25) is 0 Å². The van der Waals surface area contributed by atoms with E-state index in [1.165, 1.54) is 5.56 Å². The van der Waals surface area contributed by atoms with Gasteiger partial charge >= 0.3 is 0 Å². The fourth-order valence-electron chi connectivity index (χ4n) is 2.56. The van der Waals surface area contributed by atoms with Crippen LogP contribution in [0.5, 0.6) is 0 Å². The summed E-state index contributed by atoms with van der Waals surface area (Å²) in [5.74, 6) is 0. The Morgan fingerprint density at radius 3 is 2.85 bits per heavy atom. The first-order valence-electron chi connectivity index (χ1n) is 6.61. The zero-order valence-corrected chi connectivity index (χ0v) is 11.8. The predicted molar refractivity (Wildman–Crippen MR) is 78.2 cm³/mol. The van der Waals surface area contributed by atoms with E-state index in [9.17, 15) is 0 Å². The van der Waals surface area contributed by atoms with Crippen LogP contribution in [0.4, 0.5) is 0 Å². The second-order valence-electron chi connectivity index (χ2n) is 4.99. The quantitative estimate of drug-likeness (QED) is 0.795. The largest absolute Gasteiger partial charge is 0.294 e. The van der Waals surface area contributed by atoms with Gasteiger partial charge in [0.25, 0.3) is 0 Å². The fraction of sp³-hybridized carbons (Fsp3) is 0.250. The van der Waals surface area contributed by atoms with E-state index in [-0.39, 0.29) is 0 Å². The van der Waals surface area contributed by atoms with Crippen LogP contribution in [0.15, 0.2) is 36.4 Å². The summed E-state index contributed by atoms with van der Waals surface area (Å²) < 4.78 is 0. The monoisotopic (exact) mass is 283 g/mol. The predicted octanol–water partition coefficient (Wildman–Crippen LogP) is 3.16. The van der Waals surface area contributed by atoms with Crippen LogP contribution in [0, 0.1) is 11.3 Å². The zero-order chi connectivity index (χ0) is 13.9. The van der Waals surface area contributed by atoms with E-state index in [0.717, 1.165) is 37.3 Å². The van der Waals surface area contributed by atoms with E-state index in [1.54, 1.807) is 0 Å². The summed E-state index contributed by atoms with van der Waals surface area (Å²) >= 11 is 5.98. The molecule has 0 unspecified atom stereocenters. The molecule has 0 N–H and O–H groups in total. The first kappa shape index (κ1) is 13.1. The molecule has 3 nitrogen and oxygen atoms in total. The summed E-state index contributed by atoms with van der Waals surface area (Å²) in [6.07, 6.45) is 0.883. The molecule has 1 aromatic heterocycles. The number of halogens is 1. The number of benzene rings is 1. The number of rotatable bonds is 2. The first-order valence-corrected chi connectivity index (χ1v) is 6.99. The molecule has 0 aliphatic carbocycles. The summed E-state index contributed by atoms with van der Waals surface area (Å²) in [6, 6.07) is 14.4. The van der Waals surface area contributed by atoms with Crippen molar-refractivity contribution in [2.24, 2.45) is 0 Å². The molecule has 1 aromatic carbocycles. The van der Waals surface area contributed by atoms with Gasteiger partial charge in [-0.05, 0) is 17.2 Å². The number of fused-ring (bicyclic) bond motifs is 1. The van der Waals surface area contributed by atoms with Gasteiger partial charge in [-0.15, -0.1) is 0 Å². The summed E-state index contributed by atoms with van der Waals surface area (Å²) in [7, 11) is 0. The van der Waals surface area contributed by atoms with Crippen molar-refractivity contribution in [2.75, 3.05) is 6.54 Å². The van der Waals surface area contributed by atoms with Crippen molar-refractivity contribution in [1.29, 1.82) is 5.26 Å². The van der Waals surface area contributed by atoms with Crippen LogP contribution in [-0.2, 0) is 19.5 Å². The molecular formula is C16H14ClN3. The van der Waals surface area contributed by atoms with Gasteiger partial charge in [0.15, 0.2) is 0 Å². The highest BCUT2D eigenvalue weighted by molar-refractivity contribution is 6.30. The van der Waals surface area contributed by atoms with Gasteiger partial charge in [0.1, 0.15) is 11.2 Å². The fourth-order valence-corrected chi connectivity index (χ4v) is 2.76. The van der Waals surface area contributed by atoms with Gasteiger partial charge < -0.3 is 0 Å². The van der Waals surface area contributed by atoms with E-state index in [4.69, 9.17) is 16.9 Å². The van der Waals surface area contributed by atoms with Crippen LogP contribution in [-0.4, -0.2) is 16.4 Å². The van der Waals surface area contributed by atoms with E-state index in [0.29, 0.717) is 10.7 Å². The minimum absolute atomic E-state index is 0.322. The smallest absolute Gasteiger partial charge is 0.147 e. The molecule has 0 amide bonds. The Morgan fingerprint density at radius 2 is 2.10 bits per heavy atom. The highest BCUT2D eigenvalue weighted by Gasteiger charge is 2.19. The summed E-state index contributed by atoms with van der Waals surface area (Å²) in [4.78, 5) is 6.71. The minimum atomic E-state index is 0.322. The normalized spacial score (nSPS) is 14.6. The lowest BCUT2D eigenvalue weighted by atomic mass is 10.0. The molecule has 2 heterocycles. The van der Waals surface area contributed by atoms with Crippen molar-refractivity contribution in [2.45, 2.75) is 19.5 Å². The molecule has 0 saturated carbocycles. The lowest BCUT2D eigenvalue weighted by molar-refractivity contribution is 0.243. The van der Waals surface area contributed by atoms with Crippen molar-refractivity contribution in [3.63, 3.8) is 0 Å². The Bertz CT molecular complexity index is 661. The molecule has 100 valence electrons. The maximum atomic E-state index is 9.03. The Balaban J connectivity index is 1.80. The van der Waals surface area contributed by atoms with Crippen molar-refractivity contribution in [1.82, 2.24) is 9.88 Å². The van der Waals surface area contributed by atoms with Crippen molar-refractivity contribution < 1.29 is 0 Å². The molecule has 0 radical (unpaired) electrons. The van der Waals surface area contributed by atoms with E-state index >= 15 is 0 Å². The maximum Gasteiger partial charge on any atom is 0.147 e. The molecule has 20 heavy (non-hydrogen) atoms. The van der Waals surface area contributed by atoms with Crippen LogP contribution in [0.3, 0.4) is 0 Å². The molecule has 0 atom stereocenters. The maximum absolute atomic E-state index is 9.03. The summed E-state index contributed by atoms with van der Waals surface area (Å²) in [5.41, 5.74) is 3.91. The minimum Gasteiger partial charge on any atom is -0.294 e. The Morgan fingerprint density at radius 1 is 1.30 bits per heavy atom. The lowest BCUT2D eigenvalue weighted by Gasteiger charge is -2.28. The van der Waals surface area contributed by atoms with E-state index < -0.39 is 0 Å². The first-order chi connectivity index (χ1) is 9.76. The molecule has 1 aliphatic rings. The van der Waals surface area contributed by atoms with Crippen molar-refractivity contribution >= 4 is 11.6 Å². The van der Waals surface area contributed by atoms with Crippen LogP contribution in [0.25, 0.3) is 0 Å². The second kappa shape index (κ2) is 5.62. The van der Waals surface area contributed by atoms with Gasteiger partial charge in [-0.2, -0.15) is 5.26 Å². The lowest BCUT2D eigenvalue weighted by Crippen LogP contribution is -2.30. The number of aromatic nitrogens is 1. The SMILES string of the molecule is N#Cc1cc2c(nc1Cl)CCN(Cc1ccccc1)C2. The Labute approximate surface area is 123 Å². The van der Waals surface area contributed by atoms with E-state index in [1.807, 2.05) is 12.1 Å². The molecule has 0 saturated heterocycles. The number of nitrogens with zero attached hydrogens (tertiary/aromatic N) is 3. The van der Waals surface area contributed by atoms with Crippen molar-refractivity contribution in [3.8, 4) is 6.07 Å². The van der Waals surface area contributed by atoms with E-state index in [2.05, 4.69) is 40.2 Å². The van der Waals surface area contributed by atoms with Crippen molar-refractivity contribution in [3.05, 3.63) is 63.9 Å². The third-order valence-corrected chi connectivity index (χ3v) is 3.86. The number of nitriles is 1. The number of hydrogen-bond donors (Lipinski definition) is 0. The molecule has 2 aromatic rings. The van der Waals surface area contributed by atoms with Gasteiger partial charge in [-0.1, -0.05) is 41.9 Å². The summed E-state index contributed by atoms with van der Waals surface area (Å²) in [5, 5.41) is 9.36. The zero-order valence-electron chi connectivity index (χ0n) is 11.0.